The van der Waals surface area contributed by atoms with E-state index in [9.17, 15) is 9.59 Å². The molecular weight excluding hydrogens is 340 g/mol. The molecule has 0 spiro atoms. The first-order valence-electron chi connectivity index (χ1n) is 9.69. The summed E-state index contributed by atoms with van der Waals surface area (Å²) in [5, 5.41) is 3.29. The SMILES string of the molecule is CCN(CC)c1ccc([C@H]2C(C(=O)OC)=C(C)NC3=C2C(=O)CCC3)cc1. The molecule has 3 rings (SSSR count). The molecule has 0 aromatic heterocycles. The average Bonchev–Trinajstić information content (AvgIpc) is 2.68. The first-order chi connectivity index (χ1) is 13.0. The van der Waals surface area contributed by atoms with Crippen LogP contribution in [0.3, 0.4) is 0 Å². The Hall–Kier alpha value is -2.56. The Morgan fingerprint density at radius 1 is 1.19 bits per heavy atom. The van der Waals surface area contributed by atoms with E-state index in [2.05, 4.69) is 36.2 Å². The van der Waals surface area contributed by atoms with Crippen molar-refractivity contribution in [2.75, 3.05) is 25.1 Å². The number of Topliss-reactive ketones (excluding diaryl/α,β-unsaturated/α-hetero) is 1. The molecule has 0 fully saturated rings. The van der Waals surface area contributed by atoms with Gasteiger partial charge in [0.2, 0.25) is 0 Å². The lowest BCUT2D eigenvalue weighted by Crippen LogP contribution is -2.34. The zero-order valence-electron chi connectivity index (χ0n) is 16.6. The molecule has 0 saturated heterocycles. The fourth-order valence-electron chi connectivity index (χ4n) is 4.16. The number of ketones is 1. The molecule has 2 aliphatic rings. The molecule has 1 aromatic carbocycles. The van der Waals surface area contributed by atoms with Crippen LogP contribution in [0.2, 0.25) is 0 Å². The molecule has 1 aliphatic carbocycles. The van der Waals surface area contributed by atoms with Crippen LogP contribution in [0.5, 0.6) is 0 Å². The lowest BCUT2D eigenvalue weighted by Gasteiger charge is -2.34. The van der Waals surface area contributed by atoms with E-state index in [0.717, 1.165) is 54.1 Å². The average molecular weight is 368 g/mol. The second-order valence-corrected chi connectivity index (χ2v) is 7.02. The van der Waals surface area contributed by atoms with Crippen LogP contribution in [-0.2, 0) is 14.3 Å². The number of esters is 1. The van der Waals surface area contributed by atoms with Gasteiger partial charge in [-0.15, -0.1) is 0 Å². The van der Waals surface area contributed by atoms with Gasteiger partial charge in [0.15, 0.2) is 5.78 Å². The molecule has 1 N–H and O–H groups in total. The number of ether oxygens (including phenoxy) is 1. The molecule has 1 aromatic rings. The summed E-state index contributed by atoms with van der Waals surface area (Å²) >= 11 is 0. The number of hydrogen-bond acceptors (Lipinski definition) is 5. The van der Waals surface area contributed by atoms with Crippen LogP contribution >= 0.6 is 0 Å². The summed E-state index contributed by atoms with van der Waals surface area (Å²) in [5.41, 5.74) is 5.07. The first-order valence-corrected chi connectivity index (χ1v) is 9.69. The predicted octanol–water partition coefficient (Wildman–Crippen LogP) is 3.67. The first kappa shape index (κ1) is 19.2. The molecule has 1 atom stereocenters. The van der Waals surface area contributed by atoms with Crippen LogP contribution in [0.4, 0.5) is 5.69 Å². The Bertz CT molecular complexity index is 801. The normalized spacial score (nSPS) is 19.6. The molecule has 144 valence electrons. The van der Waals surface area contributed by atoms with E-state index in [4.69, 9.17) is 4.74 Å². The summed E-state index contributed by atoms with van der Waals surface area (Å²) in [6.45, 7) is 8.01. The molecule has 0 radical (unpaired) electrons. The van der Waals surface area contributed by atoms with Crippen molar-refractivity contribution < 1.29 is 14.3 Å². The van der Waals surface area contributed by atoms with Crippen molar-refractivity contribution in [3.8, 4) is 0 Å². The standard InChI is InChI=1S/C22H28N2O3/c1-5-24(6-2)16-12-10-15(11-13-16)20-19(22(26)27-4)14(3)23-17-8-7-9-18(25)21(17)20/h10-13,20,23H,5-9H2,1-4H3/t20-/m0/s1. The maximum absolute atomic E-state index is 12.8. The van der Waals surface area contributed by atoms with E-state index < -0.39 is 0 Å². The molecular formula is C22H28N2O3. The largest absolute Gasteiger partial charge is 0.466 e. The lowest BCUT2D eigenvalue weighted by atomic mass is 9.75. The Labute approximate surface area is 161 Å². The van der Waals surface area contributed by atoms with Crippen molar-refractivity contribution in [1.82, 2.24) is 5.32 Å². The van der Waals surface area contributed by atoms with Crippen LogP contribution < -0.4 is 10.2 Å². The molecule has 0 unspecified atom stereocenters. The highest BCUT2D eigenvalue weighted by Crippen LogP contribution is 2.42. The second-order valence-electron chi connectivity index (χ2n) is 7.02. The topological polar surface area (TPSA) is 58.6 Å². The van der Waals surface area contributed by atoms with Crippen LogP contribution in [0.1, 0.15) is 51.5 Å². The third kappa shape index (κ3) is 3.51. The van der Waals surface area contributed by atoms with E-state index in [1.807, 2.05) is 19.1 Å². The zero-order chi connectivity index (χ0) is 19.6. The number of nitrogens with zero attached hydrogens (tertiary/aromatic N) is 1. The molecule has 27 heavy (non-hydrogen) atoms. The summed E-state index contributed by atoms with van der Waals surface area (Å²) in [5.74, 6) is -0.634. The number of benzene rings is 1. The highest BCUT2D eigenvalue weighted by atomic mass is 16.5. The number of dihydropyridines is 1. The zero-order valence-corrected chi connectivity index (χ0v) is 16.6. The number of rotatable bonds is 5. The quantitative estimate of drug-likeness (QED) is 0.804. The van der Waals surface area contributed by atoms with E-state index in [-0.39, 0.29) is 17.7 Å². The number of carbonyl (C=O) groups is 2. The van der Waals surface area contributed by atoms with Gasteiger partial charge in [0.1, 0.15) is 0 Å². The third-order valence-corrected chi connectivity index (χ3v) is 5.54. The van der Waals surface area contributed by atoms with E-state index in [1.54, 1.807) is 0 Å². The Balaban J connectivity index is 2.09. The van der Waals surface area contributed by atoms with E-state index in [0.29, 0.717) is 12.0 Å². The number of hydrogen-bond donors (Lipinski definition) is 1. The number of nitrogens with one attached hydrogen (secondary N) is 1. The van der Waals surface area contributed by atoms with Crippen LogP contribution in [0.25, 0.3) is 0 Å². The van der Waals surface area contributed by atoms with Crippen LogP contribution in [-0.4, -0.2) is 32.0 Å². The second kappa shape index (κ2) is 7.99. The van der Waals surface area contributed by atoms with Gasteiger partial charge in [-0.3, -0.25) is 4.79 Å². The predicted molar refractivity (Wildman–Crippen MR) is 106 cm³/mol. The van der Waals surface area contributed by atoms with Crippen molar-refractivity contribution >= 4 is 17.4 Å². The van der Waals surface area contributed by atoms with Crippen molar-refractivity contribution in [3.63, 3.8) is 0 Å². The van der Waals surface area contributed by atoms with Crippen LogP contribution in [0, 0.1) is 0 Å². The minimum absolute atomic E-state index is 0.121. The third-order valence-electron chi connectivity index (χ3n) is 5.54. The highest BCUT2D eigenvalue weighted by Gasteiger charge is 2.38. The molecule has 1 heterocycles. The van der Waals surface area contributed by atoms with E-state index >= 15 is 0 Å². The summed E-state index contributed by atoms with van der Waals surface area (Å²) < 4.78 is 5.04. The maximum atomic E-state index is 12.8. The van der Waals surface area contributed by atoms with Crippen molar-refractivity contribution in [3.05, 3.63) is 52.4 Å². The monoisotopic (exact) mass is 368 g/mol. The molecule has 5 nitrogen and oxygen atoms in total. The Kier molecular flexibility index (Phi) is 5.68. The Morgan fingerprint density at radius 3 is 2.44 bits per heavy atom. The number of allylic oxidation sites excluding steroid dienone is 3. The van der Waals surface area contributed by atoms with Crippen LogP contribution in [0.15, 0.2) is 46.8 Å². The van der Waals surface area contributed by atoms with Gasteiger partial charge in [-0.1, -0.05) is 12.1 Å². The van der Waals surface area contributed by atoms with Gasteiger partial charge in [-0.2, -0.15) is 0 Å². The van der Waals surface area contributed by atoms with Gasteiger partial charge in [0.05, 0.1) is 12.7 Å². The molecule has 0 amide bonds. The Morgan fingerprint density at radius 2 is 1.85 bits per heavy atom. The minimum Gasteiger partial charge on any atom is -0.466 e. The van der Waals surface area contributed by atoms with Gasteiger partial charge in [0, 0.05) is 48.1 Å². The van der Waals surface area contributed by atoms with Gasteiger partial charge in [-0.05, 0) is 51.3 Å². The van der Waals surface area contributed by atoms with Crippen molar-refractivity contribution in [1.29, 1.82) is 0 Å². The van der Waals surface area contributed by atoms with Gasteiger partial charge >= 0.3 is 5.97 Å². The summed E-state index contributed by atoms with van der Waals surface area (Å²) in [7, 11) is 1.38. The highest BCUT2D eigenvalue weighted by molar-refractivity contribution is 6.03. The fourth-order valence-corrected chi connectivity index (χ4v) is 4.16. The molecule has 0 saturated carbocycles. The summed E-state index contributed by atoms with van der Waals surface area (Å²) in [4.78, 5) is 27.6. The molecule has 1 aliphatic heterocycles. The number of methoxy groups -OCH3 is 1. The maximum Gasteiger partial charge on any atom is 0.336 e. The van der Waals surface area contributed by atoms with Gasteiger partial charge in [-0.25, -0.2) is 4.79 Å². The smallest absolute Gasteiger partial charge is 0.336 e. The number of anilines is 1. The van der Waals surface area contributed by atoms with Crippen molar-refractivity contribution in [2.24, 2.45) is 0 Å². The summed E-state index contributed by atoms with van der Waals surface area (Å²) in [6.07, 6.45) is 2.21. The van der Waals surface area contributed by atoms with Gasteiger partial charge in [0.25, 0.3) is 0 Å². The fraction of sp³-hybridized carbons (Fsp3) is 0.455. The molecule has 5 heteroatoms. The molecule has 0 bridgehead atoms. The lowest BCUT2D eigenvalue weighted by molar-refractivity contribution is -0.136. The minimum atomic E-state index is -0.386. The van der Waals surface area contributed by atoms with Gasteiger partial charge < -0.3 is 15.0 Å². The van der Waals surface area contributed by atoms with Crippen molar-refractivity contribution in [2.45, 2.75) is 46.0 Å². The number of carbonyl (C=O) groups excluding carboxylic acids is 2. The summed E-state index contributed by atoms with van der Waals surface area (Å²) in [6, 6.07) is 8.21. The van der Waals surface area contributed by atoms with E-state index in [1.165, 1.54) is 7.11 Å².